The number of hydrogen-bond donors (Lipinski definition) is 2. The van der Waals surface area contributed by atoms with Gasteiger partial charge in [-0.05, 0) is 55.5 Å². The van der Waals surface area contributed by atoms with Gasteiger partial charge in [-0.1, -0.05) is 36.4 Å². The van der Waals surface area contributed by atoms with Gasteiger partial charge in [-0.3, -0.25) is 10.2 Å². The molecule has 2 aromatic carbocycles. The minimum absolute atomic E-state index is 0.0683. The third kappa shape index (κ3) is 5.10. The largest absolute Gasteiger partial charge is 0.465 e. The summed E-state index contributed by atoms with van der Waals surface area (Å²) in [5.74, 6) is 0.107. The van der Waals surface area contributed by atoms with E-state index in [2.05, 4.69) is 34.9 Å². The van der Waals surface area contributed by atoms with Gasteiger partial charge in [-0.2, -0.15) is 0 Å². The van der Waals surface area contributed by atoms with Gasteiger partial charge in [0.15, 0.2) is 0 Å². The number of rotatable bonds is 5. The molecule has 1 aliphatic heterocycles. The van der Waals surface area contributed by atoms with Gasteiger partial charge in [0.05, 0.1) is 18.8 Å². The van der Waals surface area contributed by atoms with Gasteiger partial charge >= 0.3 is 12.0 Å². The van der Waals surface area contributed by atoms with Crippen molar-refractivity contribution in [1.29, 1.82) is 0 Å². The van der Waals surface area contributed by atoms with Crippen molar-refractivity contribution in [2.75, 3.05) is 25.6 Å². The van der Waals surface area contributed by atoms with E-state index in [4.69, 9.17) is 4.74 Å². The third-order valence-corrected chi connectivity index (χ3v) is 5.14. The van der Waals surface area contributed by atoms with Crippen molar-refractivity contribution in [2.24, 2.45) is 5.92 Å². The second kappa shape index (κ2) is 9.37. The maximum Gasteiger partial charge on any atom is 0.337 e. The van der Waals surface area contributed by atoms with E-state index in [-0.39, 0.29) is 12.2 Å². The molecule has 0 saturated carbocycles. The molecule has 0 bridgehead atoms. The minimum Gasteiger partial charge on any atom is -0.465 e. The first-order valence-electron chi connectivity index (χ1n) is 9.56. The second-order valence-electron chi connectivity index (χ2n) is 7.14. The molecule has 2 N–H and O–H groups in total. The Bertz CT molecular complexity index is 810. The highest BCUT2D eigenvalue weighted by atomic mass is 16.5. The summed E-state index contributed by atoms with van der Waals surface area (Å²) in [5, 5.41) is 6.43. The quantitative estimate of drug-likeness (QED) is 0.781. The van der Waals surface area contributed by atoms with Crippen molar-refractivity contribution in [2.45, 2.75) is 25.4 Å². The monoisotopic (exact) mass is 381 g/mol. The van der Waals surface area contributed by atoms with Crippen molar-refractivity contribution >= 4 is 17.7 Å². The molecule has 1 saturated heterocycles. The van der Waals surface area contributed by atoms with Crippen LogP contribution in [0.5, 0.6) is 0 Å². The molecule has 2 atom stereocenters. The van der Waals surface area contributed by atoms with Crippen LogP contribution < -0.4 is 15.5 Å². The summed E-state index contributed by atoms with van der Waals surface area (Å²) in [6.45, 7) is 0.879. The van der Waals surface area contributed by atoms with Crippen molar-refractivity contribution in [3.63, 3.8) is 0 Å². The zero-order valence-electron chi connectivity index (χ0n) is 16.4. The molecule has 6 nitrogen and oxygen atoms in total. The van der Waals surface area contributed by atoms with Crippen LogP contribution in [0.2, 0.25) is 0 Å². The van der Waals surface area contributed by atoms with Crippen LogP contribution in [-0.2, 0) is 11.2 Å². The van der Waals surface area contributed by atoms with Crippen molar-refractivity contribution in [1.82, 2.24) is 10.6 Å². The first-order valence-corrected chi connectivity index (χ1v) is 9.56. The lowest BCUT2D eigenvalue weighted by molar-refractivity contribution is 0.0600. The van der Waals surface area contributed by atoms with Crippen LogP contribution in [0.4, 0.5) is 10.5 Å². The Morgan fingerprint density at radius 2 is 1.96 bits per heavy atom. The van der Waals surface area contributed by atoms with Crippen LogP contribution in [-0.4, -0.2) is 38.9 Å². The molecular formula is C22H27N3O3. The van der Waals surface area contributed by atoms with Crippen LogP contribution in [0.1, 0.15) is 28.8 Å². The van der Waals surface area contributed by atoms with E-state index in [1.165, 1.54) is 17.6 Å². The predicted molar refractivity (Wildman–Crippen MR) is 109 cm³/mol. The number of amides is 2. The SMILES string of the molecule is COC(=O)c1cccc(N(C)C(=O)N[C@H]2C[C@H](Cc3ccccc3)CCN2)c1. The van der Waals surface area contributed by atoms with Gasteiger partial charge in [0.2, 0.25) is 0 Å². The smallest absolute Gasteiger partial charge is 0.337 e. The molecule has 6 heteroatoms. The number of hydrogen-bond acceptors (Lipinski definition) is 4. The predicted octanol–water partition coefficient (Wildman–Crippen LogP) is 3.19. The summed E-state index contributed by atoms with van der Waals surface area (Å²) in [6, 6.07) is 17.1. The number of carbonyl (C=O) groups excluding carboxylic acids is 2. The highest BCUT2D eigenvalue weighted by Crippen LogP contribution is 2.21. The number of esters is 1. The van der Waals surface area contributed by atoms with Gasteiger partial charge in [0.1, 0.15) is 0 Å². The third-order valence-electron chi connectivity index (χ3n) is 5.14. The number of carbonyl (C=O) groups is 2. The summed E-state index contributed by atoms with van der Waals surface area (Å²) < 4.78 is 4.75. The maximum atomic E-state index is 12.7. The zero-order chi connectivity index (χ0) is 19.9. The summed E-state index contributed by atoms with van der Waals surface area (Å²) in [6.07, 6.45) is 2.93. The molecule has 0 aromatic heterocycles. The molecule has 2 aromatic rings. The molecule has 0 radical (unpaired) electrons. The Morgan fingerprint density at radius 1 is 1.18 bits per heavy atom. The van der Waals surface area contributed by atoms with Crippen LogP contribution in [0.15, 0.2) is 54.6 Å². The Labute approximate surface area is 165 Å². The summed E-state index contributed by atoms with van der Waals surface area (Å²) >= 11 is 0. The van der Waals surface area contributed by atoms with Gasteiger partial charge in [-0.15, -0.1) is 0 Å². The Morgan fingerprint density at radius 3 is 2.71 bits per heavy atom. The molecule has 2 amide bonds. The van der Waals surface area contributed by atoms with Crippen LogP contribution in [0.3, 0.4) is 0 Å². The van der Waals surface area contributed by atoms with E-state index in [0.717, 1.165) is 25.8 Å². The van der Waals surface area contributed by atoms with Crippen LogP contribution >= 0.6 is 0 Å². The second-order valence-corrected chi connectivity index (χ2v) is 7.14. The average molecular weight is 381 g/mol. The number of piperidine rings is 1. The van der Waals surface area contributed by atoms with Crippen molar-refractivity contribution in [3.8, 4) is 0 Å². The van der Waals surface area contributed by atoms with Gasteiger partial charge in [0.25, 0.3) is 0 Å². The Kier molecular flexibility index (Phi) is 6.66. The molecular weight excluding hydrogens is 354 g/mol. The molecule has 0 aliphatic carbocycles. The number of nitrogens with zero attached hydrogens (tertiary/aromatic N) is 1. The average Bonchev–Trinajstić information content (AvgIpc) is 2.73. The van der Waals surface area contributed by atoms with E-state index in [1.807, 2.05) is 6.07 Å². The van der Waals surface area contributed by atoms with Crippen molar-refractivity contribution in [3.05, 3.63) is 65.7 Å². The molecule has 1 fully saturated rings. The normalized spacial score (nSPS) is 18.9. The molecule has 28 heavy (non-hydrogen) atoms. The lowest BCUT2D eigenvalue weighted by Gasteiger charge is -2.32. The van der Waals surface area contributed by atoms with Gasteiger partial charge in [-0.25, -0.2) is 9.59 Å². The van der Waals surface area contributed by atoms with E-state index in [1.54, 1.807) is 31.3 Å². The maximum absolute atomic E-state index is 12.7. The van der Waals surface area contributed by atoms with E-state index >= 15 is 0 Å². The Balaban J connectivity index is 1.58. The van der Waals surface area contributed by atoms with Crippen LogP contribution in [0.25, 0.3) is 0 Å². The van der Waals surface area contributed by atoms with E-state index < -0.39 is 5.97 Å². The lowest BCUT2D eigenvalue weighted by Crippen LogP contribution is -2.53. The fraction of sp³-hybridized carbons (Fsp3) is 0.364. The summed E-state index contributed by atoms with van der Waals surface area (Å²) in [7, 11) is 3.03. The topological polar surface area (TPSA) is 70.7 Å². The summed E-state index contributed by atoms with van der Waals surface area (Å²) in [5.41, 5.74) is 2.38. The highest BCUT2D eigenvalue weighted by molar-refractivity contribution is 5.95. The lowest BCUT2D eigenvalue weighted by atomic mass is 9.89. The number of methoxy groups -OCH3 is 1. The number of nitrogens with one attached hydrogen (secondary N) is 2. The summed E-state index contributed by atoms with van der Waals surface area (Å²) in [4.78, 5) is 25.9. The van der Waals surface area contributed by atoms with E-state index in [9.17, 15) is 9.59 Å². The van der Waals surface area contributed by atoms with Crippen LogP contribution in [0, 0.1) is 5.92 Å². The number of ether oxygens (including phenoxy) is 1. The Hall–Kier alpha value is -2.86. The number of anilines is 1. The van der Waals surface area contributed by atoms with E-state index in [0.29, 0.717) is 17.2 Å². The highest BCUT2D eigenvalue weighted by Gasteiger charge is 2.24. The fourth-order valence-electron chi connectivity index (χ4n) is 3.56. The standard InChI is InChI=1S/C22H27N3O3/c1-25(19-10-6-9-18(15-19)21(26)28-2)22(27)24-20-14-17(11-12-23-20)13-16-7-4-3-5-8-16/h3-10,15,17,20,23H,11-14H2,1-2H3,(H,24,27)/t17-,20-/m0/s1. The molecule has 1 aliphatic rings. The molecule has 0 unspecified atom stereocenters. The van der Waals surface area contributed by atoms with Gasteiger partial charge in [0, 0.05) is 12.7 Å². The fourth-order valence-corrected chi connectivity index (χ4v) is 3.56. The molecule has 1 heterocycles. The molecule has 148 valence electrons. The number of urea groups is 1. The van der Waals surface area contributed by atoms with Gasteiger partial charge < -0.3 is 10.1 Å². The number of benzene rings is 2. The first-order chi connectivity index (χ1) is 13.6. The first kappa shape index (κ1) is 19.9. The van der Waals surface area contributed by atoms with Crippen molar-refractivity contribution < 1.29 is 14.3 Å². The zero-order valence-corrected chi connectivity index (χ0v) is 16.4. The minimum atomic E-state index is -0.423. The molecule has 0 spiro atoms. The molecule has 3 rings (SSSR count).